The number of benzene rings is 5. The third kappa shape index (κ3) is 9.39. The van der Waals surface area contributed by atoms with Crippen LogP contribution in [0.5, 0.6) is 0 Å². The van der Waals surface area contributed by atoms with Gasteiger partial charge in [-0.25, -0.2) is 19.6 Å². The molecule has 2 saturated carbocycles. The first-order valence-electron chi connectivity index (χ1n) is 26.9. The summed E-state index contributed by atoms with van der Waals surface area (Å²) in [6, 6.07) is 32.4. The van der Waals surface area contributed by atoms with Gasteiger partial charge in [-0.3, -0.25) is 9.59 Å². The Hall–Kier alpha value is -7.88. The molecule has 0 radical (unpaired) electrons. The lowest BCUT2D eigenvalue weighted by Gasteiger charge is -2.37. The van der Waals surface area contributed by atoms with Crippen LogP contribution >= 0.6 is 0 Å². The summed E-state index contributed by atoms with van der Waals surface area (Å²) >= 11 is 0. The number of likely N-dealkylation sites (tertiary alicyclic amines) is 2. The minimum atomic E-state index is -3.31. The van der Waals surface area contributed by atoms with Crippen LogP contribution in [0.15, 0.2) is 121 Å². The van der Waals surface area contributed by atoms with Gasteiger partial charge in [-0.05, 0) is 119 Å². The number of nitrogens with one attached hydrogen (secondary N) is 4. The van der Waals surface area contributed by atoms with Crippen molar-refractivity contribution in [2.24, 2.45) is 23.2 Å². The second kappa shape index (κ2) is 19.6. The Morgan fingerprint density at radius 2 is 1.29 bits per heavy atom. The molecule has 77 heavy (non-hydrogen) atoms. The minimum Gasteiger partial charge on any atom is -0.445 e. The van der Waals surface area contributed by atoms with Crippen molar-refractivity contribution < 1.29 is 37.4 Å². The lowest BCUT2D eigenvalue weighted by molar-refractivity contribution is -0.139. The molecule has 4 heterocycles. The first-order chi connectivity index (χ1) is 37.1. The number of aromatic amines is 2. The zero-order valence-corrected chi connectivity index (χ0v) is 43.5. The fraction of sp³-hybridized carbons (Fsp3) is 0.377. The van der Waals surface area contributed by atoms with Crippen molar-refractivity contribution in [3.63, 3.8) is 0 Å². The number of imidazole rings is 2. The number of fused-ring (bicyclic) bond motifs is 6. The molecule has 396 valence electrons. The van der Waals surface area contributed by atoms with E-state index >= 15 is 8.78 Å². The summed E-state index contributed by atoms with van der Waals surface area (Å²) in [5.74, 6) is -2.69. The monoisotopic (exact) mass is 1040 g/mol. The Morgan fingerprint density at radius 3 is 1.91 bits per heavy atom. The summed E-state index contributed by atoms with van der Waals surface area (Å²) in [6.45, 7) is 8.30. The van der Waals surface area contributed by atoms with Crippen LogP contribution < -0.4 is 10.6 Å². The van der Waals surface area contributed by atoms with Crippen LogP contribution in [0.4, 0.5) is 18.4 Å². The van der Waals surface area contributed by atoms with Crippen molar-refractivity contribution in [3.8, 4) is 33.5 Å². The van der Waals surface area contributed by atoms with Crippen LogP contribution in [0.3, 0.4) is 0 Å². The maximum atomic E-state index is 16.9. The van der Waals surface area contributed by atoms with E-state index < -0.39 is 30.2 Å². The Kier molecular flexibility index (Phi) is 12.7. The second-order valence-electron chi connectivity index (χ2n) is 22.6. The van der Waals surface area contributed by atoms with E-state index in [4.69, 9.17) is 19.4 Å². The van der Waals surface area contributed by atoms with Crippen molar-refractivity contribution in [2.45, 2.75) is 116 Å². The number of ether oxygens (including phenoxy) is 2. The molecule has 16 heteroatoms. The lowest BCUT2D eigenvalue weighted by Crippen LogP contribution is -2.54. The van der Waals surface area contributed by atoms with Gasteiger partial charge in [0, 0.05) is 29.3 Å². The zero-order valence-electron chi connectivity index (χ0n) is 43.5. The predicted octanol–water partition coefficient (Wildman–Crippen LogP) is 11.7. The SMILES string of the molecule is CC(C)[C@H](NC(=O)OCc1ccccc1)C(=O)N1CC2(CC2)C[C@H]1c1ncc(-c2ccc3c(c2)C(F)(F)c2cc(-c4ccc5nc([C@@H]6[C@H]7CC[C@H](C7)N6C(=O)[C@@H](NC(=O)OCc6ccccc6)C(C)C)[nH]c5c4)ccc2-3)[nH]1. The highest BCUT2D eigenvalue weighted by atomic mass is 19.3. The molecule has 2 saturated heterocycles. The van der Waals surface area contributed by atoms with Crippen LogP contribution in [-0.4, -0.2) is 78.4 Å². The zero-order chi connectivity index (χ0) is 53.3. The highest BCUT2D eigenvalue weighted by Gasteiger charge is 2.56. The summed E-state index contributed by atoms with van der Waals surface area (Å²) in [6.07, 6.45) is 5.67. The molecule has 5 aliphatic rings. The molecule has 12 rings (SSSR count). The molecular formula is C61H62F2N8O6. The second-order valence-corrected chi connectivity index (χ2v) is 22.6. The van der Waals surface area contributed by atoms with E-state index in [1.165, 1.54) is 6.07 Å². The molecule has 2 aliphatic heterocycles. The van der Waals surface area contributed by atoms with Crippen LogP contribution in [-0.2, 0) is 38.2 Å². The van der Waals surface area contributed by atoms with Crippen LogP contribution in [0, 0.1) is 23.2 Å². The average molecular weight is 1040 g/mol. The van der Waals surface area contributed by atoms with Crippen molar-refractivity contribution >= 4 is 35.0 Å². The summed E-state index contributed by atoms with van der Waals surface area (Å²) in [7, 11) is 0. The van der Waals surface area contributed by atoms with E-state index in [0.29, 0.717) is 58.1 Å². The summed E-state index contributed by atoms with van der Waals surface area (Å²) < 4.78 is 44.7. The standard InChI is InChI=1S/C61H62F2N8O6/c1-34(2)51(68-58(74)76-31-36-11-7-5-8-12-36)56(72)70-33-60(23-24-60)29-50(70)54-64-30-49(67-54)40-17-21-44-43-20-16-38(26-45(43)61(62,63)46(44)27-40)39-18-22-47-48(28-39)66-55(65-47)53-41-15-19-42(25-41)71(53)57(73)52(35(3)4)69-59(75)77-32-37-13-9-6-10-14-37/h5-14,16-18,20-22,26-28,30,34-35,41-42,50-53H,15,19,23-25,29,31-33H2,1-4H3,(H,64,67)(H,65,66)(H,68,74)(H,69,75)/t41-,42+,50-,51-,52-,53-/m0/s1. The molecule has 4 N–H and O–H groups in total. The molecule has 6 atom stereocenters. The van der Waals surface area contributed by atoms with Gasteiger partial charge in [0.05, 0.1) is 35.0 Å². The number of nitrogens with zero attached hydrogens (tertiary/aromatic N) is 4. The van der Waals surface area contributed by atoms with Crippen molar-refractivity contribution in [1.82, 2.24) is 40.4 Å². The van der Waals surface area contributed by atoms with Gasteiger partial charge >= 0.3 is 12.2 Å². The molecule has 5 aromatic carbocycles. The first-order valence-corrected chi connectivity index (χ1v) is 26.9. The minimum absolute atomic E-state index is 0.0164. The quantitative estimate of drug-likeness (QED) is 0.0832. The highest BCUT2D eigenvalue weighted by Crippen LogP contribution is 2.59. The van der Waals surface area contributed by atoms with Gasteiger partial charge in [-0.2, -0.15) is 8.78 Å². The number of amides is 4. The molecule has 14 nitrogen and oxygen atoms in total. The molecule has 2 bridgehead atoms. The predicted molar refractivity (Wildman–Crippen MR) is 286 cm³/mol. The first kappa shape index (κ1) is 50.0. The van der Waals surface area contributed by atoms with Crippen LogP contribution in [0.2, 0.25) is 0 Å². The number of piperidine rings is 1. The molecular weight excluding hydrogens is 979 g/mol. The molecule has 0 unspecified atom stereocenters. The van der Waals surface area contributed by atoms with Crippen LogP contribution in [0.25, 0.3) is 44.5 Å². The number of carbonyl (C=O) groups is 4. The summed E-state index contributed by atoms with van der Waals surface area (Å²) in [5.41, 5.74) is 6.28. The van der Waals surface area contributed by atoms with Gasteiger partial charge in [0.2, 0.25) is 11.8 Å². The highest BCUT2D eigenvalue weighted by molar-refractivity contribution is 5.89. The normalized spacial score (nSPS) is 21.1. The van der Waals surface area contributed by atoms with Crippen molar-refractivity contribution in [2.75, 3.05) is 6.54 Å². The fourth-order valence-electron chi connectivity index (χ4n) is 12.5. The third-order valence-corrected chi connectivity index (χ3v) is 16.8. The Labute approximate surface area is 445 Å². The number of halogens is 2. The fourth-order valence-corrected chi connectivity index (χ4v) is 12.5. The number of carbonyl (C=O) groups excluding carboxylic acids is 4. The van der Waals surface area contributed by atoms with Gasteiger partial charge in [-0.15, -0.1) is 0 Å². The summed E-state index contributed by atoms with van der Waals surface area (Å²) in [5, 5.41) is 5.68. The molecule has 2 aromatic heterocycles. The van der Waals surface area contributed by atoms with E-state index in [-0.39, 0.29) is 77.4 Å². The number of rotatable bonds is 14. The van der Waals surface area contributed by atoms with Gasteiger partial charge < -0.3 is 39.9 Å². The Bertz CT molecular complexity index is 3410. The molecule has 7 aromatic rings. The molecule has 3 aliphatic carbocycles. The van der Waals surface area contributed by atoms with Crippen molar-refractivity contribution in [1.29, 1.82) is 0 Å². The third-order valence-electron chi connectivity index (χ3n) is 16.8. The lowest BCUT2D eigenvalue weighted by atomic mass is 9.95. The molecule has 1 spiro atoms. The Balaban J connectivity index is 0.747. The van der Waals surface area contributed by atoms with Crippen LogP contribution in [0.1, 0.15) is 112 Å². The maximum absolute atomic E-state index is 16.9. The maximum Gasteiger partial charge on any atom is 0.408 e. The average Bonchev–Trinajstić information content (AvgIpc) is 4.24. The van der Waals surface area contributed by atoms with Gasteiger partial charge in [0.1, 0.15) is 36.9 Å². The van der Waals surface area contributed by atoms with Gasteiger partial charge in [0.15, 0.2) is 0 Å². The van der Waals surface area contributed by atoms with E-state index in [1.54, 1.807) is 24.4 Å². The summed E-state index contributed by atoms with van der Waals surface area (Å²) in [4.78, 5) is 75.3. The molecule has 4 fully saturated rings. The number of hydrogen-bond donors (Lipinski definition) is 4. The largest absolute Gasteiger partial charge is 0.445 e. The van der Waals surface area contributed by atoms with Gasteiger partial charge in [-0.1, -0.05) is 119 Å². The van der Waals surface area contributed by atoms with E-state index in [9.17, 15) is 19.2 Å². The number of hydrogen-bond acceptors (Lipinski definition) is 8. The number of alkyl carbamates (subject to hydrolysis) is 2. The Morgan fingerprint density at radius 1 is 0.701 bits per heavy atom. The smallest absolute Gasteiger partial charge is 0.408 e. The number of aromatic nitrogens is 4. The topological polar surface area (TPSA) is 175 Å². The number of alkyl halides is 2. The number of H-pyrrole nitrogens is 2. The van der Waals surface area contributed by atoms with Crippen molar-refractivity contribution in [3.05, 3.63) is 155 Å². The molecule has 4 amide bonds. The van der Waals surface area contributed by atoms with E-state index in [0.717, 1.165) is 54.3 Å². The van der Waals surface area contributed by atoms with E-state index in [2.05, 4.69) is 20.6 Å². The van der Waals surface area contributed by atoms with Gasteiger partial charge in [0.25, 0.3) is 5.92 Å². The van der Waals surface area contributed by atoms with E-state index in [1.807, 2.05) is 128 Å².